The SMILES string of the molecule is CCCN(CC1CC1)C(=O)c1ccc(C)c(C#CCO)c1. The van der Waals surface area contributed by atoms with Crippen LogP contribution in [0.3, 0.4) is 0 Å². The van der Waals surface area contributed by atoms with Gasteiger partial charge in [-0.2, -0.15) is 0 Å². The average molecular weight is 285 g/mol. The summed E-state index contributed by atoms with van der Waals surface area (Å²) in [4.78, 5) is 14.6. The molecule has 1 fully saturated rings. The van der Waals surface area contributed by atoms with Gasteiger partial charge in [0.05, 0.1) is 0 Å². The minimum absolute atomic E-state index is 0.0933. The summed E-state index contributed by atoms with van der Waals surface area (Å²) in [5.41, 5.74) is 2.53. The van der Waals surface area contributed by atoms with Gasteiger partial charge in [-0.1, -0.05) is 24.8 Å². The van der Waals surface area contributed by atoms with Gasteiger partial charge < -0.3 is 10.0 Å². The maximum atomic E-state index is 12.7. The first-order valence-corrected chi connectivity index (χ1v) is 7.65. The molecule has 1 aliphatic carbocycles. The number of hydrogen-bond donors (Lipinski definition) is 1. The fraction of sp³-hybridized carbons (Fsp3) is 0.500. The van der Waals surface area contributed by atoms with Crippen molar-refractivity contribution < 1.29 is 9.90 Å². The van der Waals surface area contributed by atoms with Gasteiger partial charge in [-0.3, -0.25) is 4.79 Å². The van der Waals surface area contributed by atoms with E-state index < -0.39 is 0 Å². The van der Waals surface area contributed by atoms with E-state index in [0.29, 0.717) is 11.5 Å². The lowest BCUT2D eigenvalue weighted by molar-refractivity contribution is 0.0747. The van der Waals surface area contributed by atoms with Crippen LogP contribution in [0.4, 0.5) is 0 Å². The smallest absolute Gasteiger partial charge is 0.253 e. The highest BCUT2D eigenvalue weighted by Gasteiger charge is 2.26. The highest BCUT2D eigenvalue weighted by atomic mass is 16.2. The predicted molar refractivity (Wildman–Crippen MR) is 84.1 cm³/mol. The van der Waals surface area contributed by atoms with Crippen molar-refractivity contribution in [1.29, 1.82) is 0 Å². The fourth-order valence-corrected chi connectivity index (χ4v) is 2.36. The number of carbonyl (C=O) groups excluding carboxylic acids is 1. The summed E-state index contributed by atoms with van der Waals surface area (Å²) in [7, 11) is 0. The van der Waals surface area contributed by atoms with Crippen LogP contribution >= 0.6 is 0 Å². The van der Waals surface area contributed by atoms with E-state index in [1.54, 1.807) is 0 Å². The zero-order chi connectivity index (χ0) is 15.2. The van der Waals surface area contributed by atoms with Gasteiger partial charge in [0.25, 0.3) is 5.91 Å². The minimum Gasteiger partial charge on any atom is -0.384 e. The Hall–Kier alpha value is -1.79. The zero-order valence-electron chi connectivity index (χ0n) is 12.9. The van der Waals surface area contributed by atoms with Crippen LogP contribution in [0, 0.1) is 24.7 Å². The molecule has 0 spiro atoms. The lowest BCUT2D eigenvalue weighted by Crippen LogP contribution is -2.33. The summed E-state index contributed by atoms with van der Waals surface area (Å²) in [6.45, 7) is 5.57. The molecule has 1 N–H and O–H groups in total. The second kappa shape index (κ2) is 7.28. The second-order valence-corrected chi connectivity index (χ2v) is 5.68. The van der Waals surface area contributed by atoms with Crippen molar-refractivity contribution in [1.82, 2.24) is 4.90 Å². The maximum Gasteiger partial charge on any atom is 0.253 e. The zero-order valence-corrected chi connectivity index (χ0v) is 12.9. The van der Waals surface area contributed by atoms with Crippen LogP contribution in [-0.4, -0.2) is 35.6 Å². The lowest BCUT2D eigenvalue weighted by atomic mass is 10.0. The topological polar surface area (TPSA) is 40.5 Å². The molecule has 0 aromatic heterocycles. The molecular formula is C18H23NO2. The van der Waals surface area contributed by atoms with Crippen LogP contribution < -0.4 is 0 Å². The Labute approximate surface area is 127 Å². The third-order valence-corrected chi connectivity index (χ3v) is 3.74. The number of benzene rings is 1. The number of rotatable bonds is 5. The molecule has 21 heavy (non-hydrogen) atoms. The maximum absolute atomic E-state index is 12.7. The summed E-state index contributed by atoms with van der Waals surface area (Å²) in [5, 5.41) is 8.81. The summed E-state index contributed by atoms with van der Waals surface area (Å²) in [6, 6.07) is 5.64. The van der Waals surface area contributed by atoms with Crippen LogP contribution in [0.2, 0.25) is 0 Å². The van der Waals surface area contributed by atoms with Gasteiger partial charge in [-0.25, -0.2) is 0 Å². The van der Waals surface area contributed by atoms with E-state index in [1.807, 2.05) is 30.0 Å². The van der Waals surface area contributed by atoms with Crippen molar-refractivity contribution in [3.8, 4) is 11.8 Å². The van der Waals surface area contributed by atoms with E-state index in [0.717, 1.165) is 30.6 Å². The monoisotopic (exact) mass is 285 g/mol. The van der Waals surface area contributed by atoms with Crippen molar-refractivity contribution >= 4 is 5.91 Å². The van der Waals surface area contributed by atoms with Crippen LogP contribution in [0.1, 0.15) is 47.7 Å². The number of aliphatic hydroxyl groups is 1. The molecule has 0 unspecified atom stereocenters. The molecule has 0 aliphatic heterocycles. The van der Waals surface area contributed by atoms with E-state index in [9.17, 15) is 4.79 Å². The van der Waals surface area contributed by atoms with Crippen molar-refractivity contribution in [2.45, 2.75) is 33.1 Å². The standard InChI is InChI=1S/C18H23NO2/c1-3-10-19(13-15-7-8-15)18(21)17-9-6-14(2)16(12-17)5-4-11-20/h6,9,12,15,20H,3,7-8,10-11,13H2,1-2H3. The fourth-order valence-electron chi connectivity index (χ4n) is 2.36. The van der Waals surface area contributed by atoms with Crippen molar-refractivity contribution in [3.63, 3.8) is 0 Å². The van der Waals surface area contributed by atoms with Crippen molar-refractivity contribution in [2.24, 2.45) is 5.92 Å². The van der Waals surface area contributed by atoms with Gasteiger partial charge in [0.1, 0.15) is 6.61 Å². The molecule has 1 aromatic carbocycles. The molecule has 3 heteroatoms. The summed E-state index contributed by atoms with van der Waals surface area (Å²) < 4.78 is 0. The molecule has 0 atom stereocenters. The molecule has 1 amide bonds. The second-order valence-electron chi connectivity index (χ2n) is 5.68. The van der Waals surface area contributed by atoms with Gasteiger partial charge in [0.15, 0.2) is 0 Å². The molecule has 1 aliphatic rings. The molecule has 0 heterocycles. The van der Waals surface area contributed by atoms with Crippen LogP contribution in [0.15, 0.2) is 18.2 Å². The number of carbonyl (C=O) groups is 1. The first kappa shape index (κ1) is 15.6. The summed E-state index contributed by atoms with van der Waals surface area (Å²) in [5.74, 6) is 6.35. The van der Waals surface area contributed by atoms with Crippen LogP contribution in [0.25, 0.3) is 0 Å². The van der Waals surface area contributed by atoms with Gasteiger partial charge in [-0.15, -0.1) is 0 Å². The van der Waals surface area contributed by atoms with Gasteiger partial charge in [0.2, 0.25) is 0 Å². The average Bonchev–Trinajstić information content (AvgIpc) is 3.29. The molecule has 0 bridgehead atoms. The number of aliphatic hydroxyl groups excluding tert-OH is 1. The third-order valence-electron chi connectivity index (χ3n) is 3.74. The molecule has 1 aromatic rings. The van der Waals surface area contributed by atoms with Gasteiger partial charge >= 0.3 is 0 Å². The lowest BCUT2D eigenvalue weighted by Gasteiger charge is -2.22. The molecule has 1 saturated carbocycles. The molecular weight excluding hydrogens is 262 g/mol. The van der Waals surface area contributed by atoms with E-state index in [4.69, 9.17) is 5.11 Å². The van der Waals surface area contributed by atoms with E-state index in [-0.39, 0.29) is 12.5 Å². The Balaban J connectivity index is 2.19. The minimum atomic E-state index is -0.165. The normalized spacial score (nSPS) is 13.5. The Kier molecular flexibility index (Phi) is 5.41. The number of amides is 1. The van der Waals surface area contributed by atoms with Gasteiger partial charge in [-0.05, 0) is 49.8 Å². The highest BCUT2D eigenvalue weighted by molar-refractivity contribution is 5.94. The van der Waals surface area contributed by atoms with E-state index >= 15 is 0 Å². The van der Waals surface area contributed by atoms with Crippen molar-refractivity contribution in [2.75, 3.05) is 19.7 Å². The summed E-state index contributed by atoms with van der Waals surface area (Å²) in [6.07, 6.45) is 3.46. The van der Waals surface area contributed by atoms with Crippen LogP contribution in [0.5, 0.6) is 0 Å². The highest BCUT2D eigenvalue weighted by Crippen LogP contribution is 2.30. The molecule has 0 radical (unpaired) electrons. The van der Waals surface area contributed by atoms with E-state index in [2.05, 4.69) is 18.8 Å². The van der Waals surface area contributed by atoms with Crippen LogP contribution in [-0.2, 0) is 0 Å². The Morgan fingerprint density at radius 2 is 2.19 bits per heavy atom. The van der Waals surface area contributed by atoms with Gasteiger partial charge in [0, 0.05) is 24.2 Å². The quantitative estimate of drug-likeness (QED) is 0.845. The Morgan fingerprint density at radius 3 is 2.81 bits per heavy atom. The number of hydrogen-bond acceptors (Lipinski definition) is 2. The Morgan fingerprint density at radius 1 is 1.43 bits per heavy atom. The first-order chi connectivity index (χ1) is 10.2. The predicted octanol–water partition coefficient (Wildman–Crippen LogP) is 2.60. The first-order valence-electron chi connectivity index (χ1n) is 7.65. The third kappa shape index (κ3) is 4.34. The molecule has 2 rings (SSSR count). The number of nitrogens with zero attached hydrogens (tertiary/aromatic N) is 1. The summed E-state index contributed by atoms with van der Waals surface area (Å²) >= 11 is 0. The number of aryl methyl sites for hydroxylation is 1. The Bertz CT molecular complexity index is 564. The molecule has 0 saturated heterocycles. The van der Waals surface area contributed by atoms with Crippen molar-refractivity contribution in [3.05, 3.63) is 34.9 Å². The van der Waals surface area contributed by atoms with E-state index in [1.165, 1.54) is 12.8 Å². The largest absolute Gasteiger partial charge is 0.384 e. The molecule has 112 valence electrons. The molecule has 3 nitrogen and oxygen atoms in total.